The Bertz CT molecular complexity index is 690. The third kappa shape index (κ3) is 4.48. The third-order valence-corrected chi connectivity index (χ3v) is 3.80. The van der Waals surface area contributed by atoms with Gasteiger partial charge in [-0.05, 0) is 17.9 Å². The first-order valence-electron chi connectivity index (χ1n) is 7.85. The van der Waals surface area contributed by atoms with Crippen LogP contribution in [0, 0.1) is 5.41 Å². The lowest BCUT2D eigenvalue weighted by molar-refractivity contribution is -0.459. The van der Waals surface area contributed by atoms with E-state index in [9.17, 15) is 74.6 Å². The number of alkyl halides is 17. The van der Waals surface area contributed by atoms with E-state index in [1.54, 1.807) is 0 Å². The molecule has 0 nitrogen and oxygen atoms in total. The van der Waals surface area contributed by atoms with E-state index in [2.05, 4.69) is 0 Å². The molecule has 0 saturated heterocycles. The molecule has 32 heavy (non-hydrogen) atoms. The van der Waals surface area contributed by atoms with Crippen LogP contribution in [0.25, 0.3) is 0 Å². The Labute approximate surface area is 168 Å². The van der Waals surface area contributed by atoms with E-state index >= 15 is 0 Å². The molecule has 0 saturated carbocycles. The summed E-state index contributed by atoms with van der Waals surface area (Å²) in [4.78, 5) is 0. The summed E-state index contributed by atoms with van der Waals surface area (Å²) in [7, 11) is 0. The van der Waals surface area contributed by atoms with Gasteiger partial charge in [-0.25, -0.2) is 0 Å². The molecular formula is C15H13F17. The predicted molar refractivity (Wildman–Crippen MR) is 73.9 cm³/mol. The molecule has 0 heterocycles. The summed E-state index contributed by atoms with van der Waals surface area (Å²) in [6.07, 6.45) is -9.50. The number of allylic oxidation sites excluding steroid dienone is 2. The minimum absolute atomic E-state index is 0.0205. The summed E-state index contributed by atoms with van der Waals surface area (Å²) in [5, 5.41) is 0. The molecule has 17 heteroatoms. The number of hydrogen-bond donors (Lipinski definition) is 0. The molecule has 0 aliphatic carbocycles. The highest BCUT2D eigenvalue weighted by Gasteiger charge is 2.95. The Morgan fingerprint density at radius 3 is 1.00 bits per heavy atom. The Morgan fingerprint density at radius 2 is 0.719 bits per heavy atom. The number of rotatable bonds is 8. The fourth-order valence-corrected chi connectivity index (χ4v) is 1.84. The Balaban J connectivity index is 6.59. The molecule has 0 N–H and O–H groups in total. The molecule has 0 aromatic rings. The van der Waals surface area contributed by atoms with Crippen LogP contribution in [-0.4, -0.2) is 47.6 Å². The van der Waals surface area contributed by atoms with E-state index in [1.807, 2.05) is 0 Å². The minimum Gasteiger partial charge on any atom is -0.195 e. The van der Waals surface area contributed by atoms with Crippen LogP contribution >= 0.6 is 0 Å². The topological polar surface area (TPSA) is 0 Å². The van der Waals surface area contributed by atoms with E-state index in [-0.39, 0.29) is 6.08 Å². The molecule has 0 atom stereocenters. The summed E-state index contributed by atoms with van der Waals surface area (Å²) in [6.45, 7) is 3.83. The van der Waals surface area contributed by atoms with Crippen molar-refractivity contribution < 1.29 is 74.6 Å². The highest BCUT2D eigenvalue weighted by molar-refractivity contribution is 5.18. The van der Waals surface area contributed by atoms with Gasteiger partial charge in [0, 0.05) is 0 Å². The SMILES string of the molecule is CC(C)(C)C/C=C/C(F)(F)C(F)(F)C(F)(F)C(F)(F)C(F)(F)C(F)(F)C(F)(F)C(F)(F)F. The fraction of sp³-hybridized carbons (Fsp3) is 0.867. The van der Waals surface area contributed by atoms with Gasteiger partial charge in [-0.15, -0.1) is 0 Å². The average Bonchev–Trinajstić information content (AvgIpc) is 2.50. The predicted octanol–water partition coefficient (Wildman–Crippen LogP) is 7.99. The molecule has 0 aromatic carbocycles. The molecule has 192 valence electrons. The number of halogens is 17. The quantitative estimate of drug-likeness (QED) is 0.227. The maximum absolute atomic E-state index is 13.5. The molecule has 0 radical (unpaired) electrons. The lowest BCUT2D eigenvalue weighted by Crippen LogP contribution is -2.74. The molecule has 0 aromatic heterocycles. The van der Waals surface area contributed by atoms with Gasteiger partial charge in [0.25, 0.3) is 0 Å². The van der Waals surface area contributed by atoms with Gasteiger partial charge in [-0.1, -0.05) is 26.8 Å². The fourth-order valence-electron chi connectivity index (χ4n) is 1.84. The summed E-state index contributed by atoms with van der Waals surface area (Å²) >= 11 is 0. The van der Waals surface area contributed by atoms with Crippen LogP contribution in [0.2, 0.25) is 0 Å². The van der Waals surface area contributed by atoms with Crippen LogP contribution in [0.15, 0.2) is 12.2 Å². The maximum atomic E-state index is 13.5. The van der Waals surface area contributed by atoms with Gasteiger partial charge in [0.1, 0.15) is 0 Å². The van der Waals surface area contributed by atoms with Gasteiger partial charge in [0.15, 0.2) is 0 Å². The standard InChI is InChI=1S/C15H13F17/c1-7(2,3)5-4-6-8(16,17)9(18,19)10(20,21)11(22,23)12(24,25)13(26,27)14(28,29)15(30,31)32/h4,6H,5H2,1-3H3/b6-4+. The van der Waals surface area contributed by atoms with Crippen molar-refractivity contribution >= 4 is 0 Å². The van der Waals surface area contributed by atoms with Gasteiger partial charge < -0.3 is 0 Å². The van der Waals surface area contributed by atoms with Crippen molar-refractivity contribution in [1.29, 1.82) is 0 Å². The van der Waals surface area contributed by atoms with E-state index in [1.165, 1.54) is 20.8 Å². The van der Waals surface area contributed by atoms with E-state index in [0.717, 1.165) is 0 Å². The second-order valence-corrected chi connectivity index (χ2v) is 7.73. The molecule has 0 fully saturated rings. The highest BCUT2D eigenvalue weighted by Crippen LogP contribution is 2.64. The smallest absolute Gasteiger partial charge is 0.195 e. The second-order valence-electron chi connectivity index (χ2n) is 7.73. The van der Waals surface area contributed by atoms with Crippen molar-refractivity contribution in [2.45, 2.75) is 74.8 Å². The lowest BCUT2D eigenvalue weighted by Gasteiger charge is -2.42. The molecule has 0 bridgehead atoms. The highest BCUT2D eigenvalue weighted by atomic mass is 19.4. The maximum Gasteiger partial charge on any atom is 0.460 e. The molecule has 0 spiro atoms. The zero-order valence-corrected chi connectivity index (χ0v) is 15.8. The minimum atomic E-state index is -8.60. The Hall–Kier alpha value is -1.45. The first-order valence-corrected chi connectivity index (χ1v) is 7.85. The van der Waals surface area contributed by atoms with Crippen molar-refractivity contribution in [3.8, 4) is 0 Å². The Kier molecular flexibility index (Phi) is 7.45. The van der Waals surface area contributed by atoms with Gasteiger partial charge in [0.05, 0.1) is 0 Å². The number of hydrogen-bond acceptors (Lipinski definition) is 0. The monoisotopic (exact) mass is 516 g/mol. The van der Waals surface area contributed by atoms with Crippen LogP contribution in [-0.2, 0) is 0 Å². The molecule has 0 aliphatic heterocycles. The van der Waals surface area contributed by atoms with Crippen molar-refractivity contribution in [3.05, 3.63) is 12.2 Å². The molecule has 0 rings (SSSR count). The van der Waals surface area contributed by atoms with Crippen LogP contribution in [0.5, 0.6) is 0 Å². The molecule has 0 amide bonds. The first kappa shape index (κ1) is 30.6. The zero-order chi connectivity index (χ0) is 26.6. The largest absolute Gasteiger partial charge is 0.460 e. The van der Waals surface area contributed by atoms with Gasteiger partial charge in [0.2, 0.25) is 0 Å². The third-order valence-electron chi connectivity index (χ3n) is 3.80. The van der Waals surface area contributed by atoms with Crippen LogP contribution in [0.1, 0.15) is 27.2 Å². The van der Waals surface area contributed by atoms with Gasteiger partial charge in [-0.2, -0.15) is 74.6 Å². The molecule has 0 unspecified atom stereocenters. The van der Waals surface area contributed by atoms with Crippen LogP contribution in [0.3, 0.4) is 0 Å². The molecule has 0 aliphatic rings. The lowest BCUT2D eigenvalue weighted by atomic mass is 9.88. The summed E-state index contributed by atoms with van der Waals surface area (Å²) in [6, 6.07) is 0. The van der Waals surface area contributed by atoms with Crippen LogP contribution in [0.4, 0.5) is 74.6 Å². The first-order chi connectivity index (χ1) is 13.5. The zero-order valence-electron chi connectivity index (χ0n) is 15.8. The summed E-state index contributed by atoms with van der Waals surface area (Å²) in [5.74, 6) is -56.2. The van der Waals surface area contributed by atoms with Crippen molar-refractivity contribution in [1.82, 2.24) is 0 Å². The molecular weight excluding hydrogens is 503 g/mol. The van der Waals surface area contributed by atoms with Gasteiger partial charge >= 0.3 is 47.6 Å². The van der Waals surface area contributed by atoms with Crippen LogP contribution < -0.4 is 0 Å². The van der Waals surface area contributed by atoms with E-state index < -0.39 is 65.5 Å². The normalized spacial score (nSPS) is 16.8. The van der Waals surface area contributed by atoms with Gasteiger partial charge in [-0.3, -0.25) is 0 Å². The van der Waals surface area contributed by atoms with E-state index in [4.69, 9.17) is 0 Å². The summed E-state index contributed by atoms with van der Waals surface area (Å²) < 4.78 is 222. The van der Waals surface area contributed by atoms with Crippen molar-refractivity contribution in [2.75, 3.05) is 0 Å². The summed E-state index contributed by atoms with van der Waals surface area (Å²) in [5.41, 5.74) is -0.993. The Morgan fingerprint density at radius 1 is 0.438 bits per heavy atom. The van der Waals surface area contributed by atoms with Crippen molar-refractivity contribution in [3.63, 3.8) is 0 Å². The second kappa shape index (κ2) is 7.81. The van der Waals surface area contributed by atoms with E-state index in [0.29, 0.717) is 0 Å². The average molecular weight is 516 g/mol. The van der Waals surface area contributed by atoms with Crippen molar-refractivity contribution in [2.24, 2.45) is 5.41 Å².